The first-order valence-corrected chi connectivity index (χ1v) is 11.2. The van der Waals surface area contributed by atoms with Crippen LogP contribution in [0.25, 0.3) is 11.4 Å². The van der Waals surface area contributed by atoms with Crippen LogP contribution in [0.2, 0.25) is 0 Å². The molecule has 1 fully saturated rings. The fourth-order valence-corrected chi connectivity index (χ4v) is 4.89. The third-order valence-electron chi connectivity index (χ3n) is 5.64. The molecule has 2 aliphatic rings. The summed E-state index contributed by atoms with van der Waals surface area (Å²) in [7, 11) is 0. The van der Waals surface area contributed by atoms with Crippen LogP contribution in [-0.2, 0) is 24.5 Å². The van der Waals surface area contributed by atoms with Crippen molar-refractivity contribution in [2.24, 2.45) is 0 Å². The van der Waals surface area contributed by atoms with Gasteiger partial charge in [-0.3, -0.25) is 4.90 Å². The Hall–Kier alpha value is -2.36. The molecule has 0 radical (unpaired) electrons. The van der Waals surface area contributed by atoms with Gasteiger partial charge in [0.1, 0.15) is 24.6 Å². The zero-order valence-electron chi connectivity index (χ0n) is 17.5. The van der Waals surface area contributed by atoms with Gasteiger partial charge in [0.15, 0.2) is 5.82 Å². The Balaban J connectivity index is 1.43. The highest BCUT2D eigenvalue weighted by Gasteiger charge is 2.27. The SMILES string of the molecule is C[C@@H]1CN(Cc2cnc3c(c2)-c2ncnn2CN3Cc2ccc(F)c(Br)c2)C[C@H](C)O1. The first kappa shape index (κ1) is 20.5. The van der Waals surface area contributed by atoms with Gasteiger partial charge in [-0.15, -0.1) is 0 Å². The minimum absolute atomic E-state index is 0.225. The number of fused-ring (bicyclic) bond motifs is 3. The minimum atomic E-state index is -0.268. The molecular formula is C22H24BrFN6O. The van der Waals surface area contributed by atoms with E-state index in [2.05, 4.69) is 55.7 Å². The highest BCUT2D eigenvalue weighted by atomic mass is 79.9. The molecule has 7 nitrogen and oxygen atoms in total. The number of benzene rings is 1. The summed E-state index contributed by atoms with van der Waals surface area (Å²) in [6.45, 7) is 7.99. The molecular weight excluding hydrogens is 463 g/mol. The van der Waals surface area contributed by atoms with Crippen molar-refractivity contribution in [2.75, 3.05) is 18.0 Å². The van der Waals surface area contributed by atoms with Crippen LogP contribution in [0, 0.1) is 5.82 Å². The predicted octanol–water partition coefficient (Wildman–Crippen LogP) is 3.83. The molecule has 0 unspecified atom stereocenters. The molecule has 31 heavy (non-hydrogen) atoms. The predicted molar refractivity (Wildman–Crippen MR) is 119 cm³/mol. The van der Waals surface area contributed by atoms with Gasteiger partial charge in [-0.25, -0.2) is 19.0 Å². The van der Waals surface area contributed by atoms with E-state index < -0.39 is 0 Å². The van der Waals surface area contributed by atoms with Crippen molar-refractivity contribution in [1.29, 1.82) is 0 Å². The number of hydrogen-bond acceptors (Lipinski definition) is 6. The Bertz CT molecular complexity index is 1100. The molecule has 0 amide bonds. The smallest absolute Gasteiger partial charge is 0.163 e. The summed E-state index contributed by atoms with van der Waals surface area (Å²) in [4.78, 5) is 13.8. The highest BCUT2D eigenvalue weighted by molar-refractivity contribution is 9.10. The van der Waals surface area contributed by atoms with Crippen LogP contribution in [0.5, 0.6) is 0 Å². The van der Waals surface area contributed by atoms with Gasteiger partial charge >= 0.3 is 0 Å². The zero-order valence-corrected chi connectivity index (χ0v) is 19.1. The molecule has 0 aliphatic carbocycles. The van der Waals surface area contributed by atoms with Gasteiger partial charge in [-0.2, -0.15) is 5.10 Å². The van der Waals surface area contributed by atoms with Gasteiger partial charge < -0.3 is 9.64 Å². The number of morpholine rings is 1. The van der Waals surface area contributed by atoms with Crippen LogP contribution in [0.3, 0.4) is 0 Å². The summed E-state index contributed by atoms with van der Waals surface area (Å²) in [5.74, 6) is 1.42. The van der Waals surface area contributed by atoms with Crippen LogP contribution in [0.4, 0.5) is 10.2 Å². The lowest BCUT2D eigenvalue weighted by Crippen LogP contribution is -2.44. The number of aromatic nitrogens is 4. The Morgan fingerprint density at radius 1 is 1.10 bits per heavy atom. The molecule has 2 aromatic heterocycles. The summed E-state index contributed by atoms with van der Waals surface area (Å²) >= 11 is 3.28. The fraction of sp³-hybridized carbons (Fsp3) is 0.409. The summed E-state index contributed by atoms with van der Waals surface area (Å²) in [6.07, 6.45) is 3.98. The summed E-state index contributed by atoms with van der Waals surface area (Å²) < 4.78 is 21.8. The Labute approximate surface area is 189 Å². The van der Waals surface area contributed by atoms with Gasteiger partial charge in [0.05, 0.1) is 22.2 Å². The third-order valence-corrected chi connectivity index (χ3v) is 6.25. The maximum atomic E-state index is 13.6. The third kappa shape index (κ3) is 4.22. The van der Waals surface area contributed by atoms with Crippen LogP contribution in [0.1, 0.15) is 25.0 Å². The fourth-order valence-electron chi connectivity index (χ4n) is 4.46. The average Bonchev–Trinajstić information content (AvgIpc) is 3.19. The average molecular weight is 487 g/mol. The van der Waals surface area contributed by atoms with E-state index in [4.69, 9.17) is 9.72 Å². The Kier molecular flexibility index (Phi) is 5.49. The van der Waals surface area contributed by atoms with Crippen molar-refractivity contribution < 1.29 is 9.13 Å². The number of rotatable bonds is 4. The van der Waals surface area contributed by atoms with E-state index >= 15 is 0 Å². The Morgan fingerprint density at radius 3 is 2.68 bits per heavy atom. The number of halogens is 2. The van der Waals surface area contributed by atoms with Crippen molar-refractivity contribution in [3.05, 3.63) is 58.2 Å². The molecule has 162 valence electrons. The second kappa shape index (κ2) is 8.29. The van der Waals surface area contributed by atoms with Crippen molar-refractivity contribution in [2.45, 2.75) is 45.8 Å². The van der Waals surface area contributed by atoms with Crippen LogP contribution in [0.15, 0.2) is 41.3 Å². The van der Waals surface area contributed by atoms with E-state index in [0.717, 1.165) is 48.0 Å². The summed E-state index contributed by atoms with van der Waals surface area (Å²) in [5.41, 5.74) is 3.10. The van der Waals surface area contributed by atoms with E-state index in [1.165, 1.54) is 6.07 Å². The van der Waals surface area contributed by atoms with Crippen LogP contribution < -0.4 is 4.90 Å². The van der Waals surface area contributed by atoms with Crippen molar-refractivity contribution in [1.82, 2.24) is 24.6 Å². The normalized spacial score (nSPS) is 21.1. The summed E-state index contributed by atoms with van der Waals surface area (Å²) in [6, 6.07) is 7.25. The lowest BCUT2D eigenvalue weighted by Gasteiger charge is -2.35. The number of ether oxygens (including phenoxy) is 1. The number of hydrogen-bond donors (Lipinski definition) is 0. The van der Waals surface area contributed by atoms with Gasteiger partial charge in [0.25, 0.3) is 0 Å². The lowest BCUT2D eigenvalue weighted by molar-refractivity contribution is -0.0705. The molecule has 9 heteroatoms. The molecule has 2 aliphatic heterocycles. The van der Waals surface area contributed by atoms with Crippen molar-refractivity contribution in [3.8, 4) is 11.4 Å². The molecule has 1 saturated heterocycles. The molecule has 5 rings (SSSR count). The Morgan fingerprint density at radius 2 is 1.90 bits per heavy atom. The number of nitrogens with zero attached hydrogens (tertiary/aromatic N) is 6. The maximum Gasteiger partial charge on any atom is 0.163 e. The summed E-state index contributed by atoms with van der Waals surface area (Å²) in [5, 5.41) is 4.38. The lowest BCUT2D eigenvalue weighted by atomic mass is 10.1. The molecule has 2 atom stereocenters. The van der Waals surface area contributed by atoms with E-state index in [1.54, 1.807) is 18.5 Å². The highest BCUT2D eigenvalue weighted by Crippen LogP contribution is 2.34. The van der Waals surface area contributed by atoms with E-state index in [1.807, 2.05) is 10.9 Å². The molecule has 4 heterocycles. The first-order valence-electron chi connectivity index (χ1n) is 10.4. The van der Waals surface area contributed by atoms with Gasteiger partial charge in [0.2, 0.25) is 0 Å². The molecule has 0 N–H and O–H groups in total. The number of pyridine rings is 1. The minimum Gasteiger partial charge on any atom is -0.373 e. The maximum absolute atomic E-state index is 13.6. The van der Waals surface area contributed by atoms with E-state index in [0.29, 0.717) is 17.7 Å². The van der Waals surface area contributed by atoms with Gasteiger partial charge in [-0.05, 0) is 59.1 Å². The molecule has 1 aromatic carbocycles. The van der Waals surface area contributed by atoms with Gasteiger partial charge in [-0.1, -0.05) is 6.07 Å². The topological polar surface area (TPSA) is 59.3 Å². The standard InChI is InChI=1S/C22H24BrFN6O/c1-14-8-28(9-15(2)31-14)10-17-5-18-21(25-7-17)29(13-30-22(18)26-12-27-30)11-16-3-4-20(24)19(23)6-16/h3-7,12,14-15H,8-11,13H2,1-2H3/t14-,15+. The monoisotopic (exact) mass is 486 g/mol. The molecule has 3 aromatic rings. The molecule has 0 saturated carbocycles. The largest absolute Gasteiger partial charge is 0.373 e. The van der Waals surface area contributed by atoms with Gasteiger partial charge in [0, 0.05) is 32.4 Å². The second-order valence-corrected chi connectivity index (χ2v) is 9.19. The van der Waals surface area contributed by atoms with E-state index in [-0.39, 0.29) is 18.0 Å². The van der Waals surface area contributed by atoms with E-state index in [9.17, 15) is 4.39 Å². The van der Waals surface area contributed by atoms with Crippen molar-refractivity contribution >= 4 is 21.7 Å². The zero-order chi connectivity index (χ0) is 21.5. The van der Waals surface area contributed by atoms with Crippen LogP contribution in [-0.4, -0.2) is 49.9 Å². The quantitative estimate of drug-likeness (QED) is 0.558. The molecule has 0 bridgehead atoms. The van der Waals surface area contributed by atoms with Crippen molar-refractivity contribution in [3.63, 3.8) is 0 Å². The second-order valence-electron chi connectivity index (χ2n) is 8.34. The first-order chi connectivity index (χ1) is 15.0. The molecule has 0 spiro atoms. The number of anilines is 1. The van der Waals surface area contributed by atoms with Crippen LogP contribution >= 0.6 is 15.9 Å².